The third-order valence-corrected chi connectivity index (χ3v) is 4.29. The summed E-state index contributed by atoms with van der Waals surface area (Å²) in [4.78, 5) is 24.4. The number of nitrogens with one attached hydrogen (secondary N) is 2. The molecule has 2 amide bonds. The molecule has 0 radical (unpaired) electrons. The lowest BCUT2D eigenvalue weighted by Gasteiger charge is -2.12. The first kappa shape index (κ1) is 17.3. The molecule has 5 nitrogen and oxygen atoms in total. The molecule has 0 aliphatic carbocycles. The molecule has 130 valence electrons. The molecule has 3 rings (SSSR count). The minimum Gasteiger partial charge on any atom is -0.491 e. The fourth-order valence-corrected chi connectivity index (χ4v) is 2.77. The van der Waals surface area contributed by atoms with Gasteiger partial charge in [-0.2, -0.15) is 0 Å². The van der Waals surface area contributed by atoms with Gasteiger partial charge in [-0.3, -0.25) is 9.59 Å². The molecule has 1 aliphatic heterocycles. The number of para-hydroxylation sites is 2. The number of amides is 2. The predicted octanol–water partition coefficient (Wildman–Crippen LogP) is 3.04. The Labute approximate surface area is 151 Å². The van der Waals surface area contributed by atoms with Crippen molar-refractivity contribution < 1.29 is 14.3 Å². The lowest BCUT2D eigenvalue weighted by Crippen LogP contribution is -2.33. The highest BCUT2D eigenvalue weighted by molar-refractivity contribution is 6.30. The summed E-state index contributed by atoms with van der Waals surface area (Å²) in [5, 5.41) is 6.34. The van der Waals surface area contributed by atoms with E-state index in [1.807, 2.05) is 36.4 Å². The van der Waals surface area contributed by atoms with E-state index in [0.717, 1.165) is 5.56 Å². The topological polar surface area (TPSA) is 67.4 Å². The normalized spacial score (nSPS) is 16.2. The zero-order chi connectivity index (χ0) is 17.6. The summed E-state index contributed by atoms with van der Waals surface area (Å²) in [7, 11) is 0. The average Bonchev–Trinajstić information content (AvgIpc) is 2.76. The van der Waals surface area contributed by atoms with Gasteiger partial charge in [0.15, 0.2) is 0 Å². The maximum absolute atomic E-state index is 12.3. The van der Waals surface area contributed by atoms with E-state index in [1.165, 1.54) is 0 Å². The first-order valence-corrected chi connectivity index (χ1v) is 8.53. The van der Waals surface area contributed by atoms with E-state index in [-0.39, 0.29) is 24.8 Å². The molecule has 0 bridgehead atoms. The van der Waals surface area contributed by atoms with Gasteiger partial charge in [0.1, 0.15) is 12.4 Å². The second-order valence-corrected chi connectivity index (χ2v) is 6.36. The lowest BCUT2D eigenvalue weighted by atomic mass is 10.1. The molecule has 0 saturated heterocycles. The van der Waals surface area contributed by atoms with Crippen LogP contribution in [-0.2, 0) is 16.0 Å². The van der Waals surface area contributed by atoms with Gasteiger partial charge in [0.25, 0.3) is 0 Å². The summed E-state index contributed by atoms with van der Waals surface area (Å²) in [5.74, 6) is -0.245. The Balaban J connectivity index is 1.48. The molecule has 1 heterocycles. The highest BCUT2D eigenvalue weighted by Gasteiger charge is 2.26. The Morgan fingerprint density at radius 3 is 2.76 bits per heavy atom. The maximum atomic E-state index is 12.3. The molecule has 0 fully saturated rings. The minimum absolute atomic E-state index is 0.0977. The number of hydrogen-bond acceptors (Lipinski definition) is 3. The molecule has 0 spiro atoms. The van der Waals surface area contributed by atoms with Crippen LogP contribution >= 0.6 is 11.6 Å². The molecule has 1 unspecified atom stereocenters. The number of benzene rings is 2. The van der Waals surface area contributed by atoms with E-state index in [1.54, 1.807) is 12.1 Å². The van der Waals surface area contributed by atoms with Crippen molar-refractivity contribution in [1.29, 1.82) is 0 Å². The van der Waals surface area contributed by atoms with Crippen LogP contribution in [0, 0.1) is 5.92 Å². The van der Waals surface area contributed by atoms with Crippen molar-refractivity contribution in [1.82, 2.24) is 5.32 Å². The molecule has 1 aliphatic rings. The van der Waals surface area contributed by atoms with Gasteiger partial charge < -0.3 is 15.4 Å². The van der Waals surface area contributed by atoms with Gasteiger partial charge >= 0.3 is 0 Å². The van der Waals surface area contributed by atoms with Crippen molar-refractivity contribution >= 4 is 29.1 Å². The van der Waals surface area contributed by atoms with Crippen molar-refractivity contribution in [3.63, 3.8) is 0 Å². The van der Waals surface area contributed by atoms with Crippen LogP contribution in [0.15, 0.2) is 48.5 Å². The van der Waals surface area contributed by atoms with E-state index in [2.05, 4.69) is 10.6 Å². The van der Waals surface area contributed by atoms with Crippen LogP contribution in [0.4, 0.5) is 5.69 Å². The van der Waals surface area contributed by atoms with Gasteiger partial charge in [-0.25, -0.2) is 0 Å². The second-order valence-electron chi connectivity index (χ2n) is 5.92. The molecule has 0 aromatic heterocycles. The van der Waals surface area contributed by atoms with Crippen LogP contribution in [0.25, 0.3) is 0 Å². The van der Waals surface area contributed by atoms with E-state index in [0.29, 0.717) is 29.4 Å². The summed E-state index contributed by atoms with van der Waals surface area (Å²) >= 11 is 5.85. The smallest absolute Gasteiger partial charge is 0.231 e. The summed E-state index contributed by atoms with van der Waals surface area (Å²) < 4.78 is 5.64. The fourth-order valence-electron chi connectivity index (χ4n) is 2.64. The van der Waals surface area contributed by atoms with E-state index in [9.17, 15) is 9.59 Å². The SMILES string of the molecule is O=C(CC1COc2ccccc2NC1=O)NCCc1ccc(Cl)cc1. The average molecular weight is 359 g/mol. The van der Waals surface area contributed by atoms with Crippen molar-refractivity contribution in [2.75, 3.05) is 18.5 Å². The standard InChI is InChI=1S/C19H19ClN2O3/c20-15-7-5-13(6-8-15)9-10-21-18(23)11-14-12-25-17-4-2-1-3-16(17)22-19(14)24/h1-8,14H,9-12H2,(H,21,23)(H,22,24). The van der Waals surface area contributed by atoms with Gasteiger partial charge in [0.2, 0.25) is 11.8 Å². The minimum atomic E-state index is -0.511. The van der Waals surface area contributed by atoms with Gasteiger partial charge in [-0.1, -0.05) is 35.9 Å². The Bertz CT molecular complexity index is 762. The van der Waals surface area contributed by atoms with Crippen molar-refractivity contribution in [3.8, 4) is 5.75 Å². The van der Waals surface area contributed by atoms with Crippen LogP contribution < -0.4 is 15.4 Å². The molecule has 2 aromatic rings. The summed E-state index contributed by atoms with van der Waals surface area (Å²) in [6.07, 6.45) is 0.808. The quantitative estimate of drug-likeness (QED) is 0.863. The van der Waals surface area contributed by atoms with Crippen LogP contribution in [0.1, 0.15) is 12.0 Å². The molecule has 6 heteroatoms. The number of carbonyl (C=O) groups is 2. The second kappa shape index (κ2) is 8.03. The van der Waals surface area contributed by atoms with Gasteiger partial charge in [0.05, 0.1) is 11.6 Å². The number of ether oxygens (including phenoxy) is 1. The zero-order valence-electron chi connectivity index (χ0n) is 13.6. The van der Waals surface area contributed by atoms with Gasteiger partial charge in [-0.05, 0) is 36.2 Å². The fraction of sp³-hybridized carbons (Fsp3) is 0.263. The Morgan fingerprint density at radius 2 is 1.96 bits per heavy atom. The number of rotatable bonds is 5. The first-order chi connectivity index (χ1) is 12.1. The molecule has 0 saturated carbocycles. The van der Waals surface area contributed by atoms with Gasteiger partial charge in [-0.15, -0.1) is 0 Å². The largest absolute Gasteiger partial charge is 0.491 e. The molecular weight excluding hydrogens is 340 g/mol. The summed E-state index contributed by atoms with van der Waals surface area (Å²) in [6, 6.07) is 14.7. The molecular formula is C19H19ClN2O3. The predicted molar refractivity (Wildman–Crippen MR) is 96.8 cm³/mol. The third kappa shape index (κ3) is 4.73. The number of fused-ring (bicyclic) bond motifs is 1. The summed E-state index contributed by atoms with van der Waals surface area (Å²) in [5.41, 5.74) is 1.73. The van der Waals surface area contributed by atoms with Gasteiger partial charge in [0, 0.05) is 18.0 Å². The number of anilines is 1. The molecule has 2 N–H and O–H groups in total. The van der Waals surface area contributed by atoms with Crippen molar-refractivity contribution in [2.24, 2.45) is 5.92 Å². The molecule has 25 heavy (non-hydrogen) atoms. The molecule has 1 atom stereocenters. The zero-order valence-corrected chi connectivity index (χ0v) is 14.4. The van der Waals surface area contributed by atoms with E-state index in [4.69, 9.17) is 16.3 Å². The van der Waals surface area contributed by atoms with Crippen LogP contribution in [0.3, 0.4) is 0 Å². The van der Waals surface area contributed by atoms with E-state index >= 15 is 0 Å². The first-order valence-electron chi connectivity index (χ1n) is 8.15. The number of carbonyl (C=O) groups excluding carboxylic acids is 2. The Kier molecular flexibility index (Phi) is 5.56. The number of hydrogen-bond donors (Lipinski definition) is 2. The van der Waals surface area contributed by atoms with Crippen LogP contribution in [-0.4, -0.2) is 25.0 Å². The van der Waals surface area contributed by atoms with E-state index < -0.39 is 5.92 Å². The summed E-state index contributed by atoms with van der Waals surface area (Å²) in [6.45, 7) is 0.698. The monoisotopic (exact) mass is 358 g/mol. The highest BCUT2D eigenvalue weighted by atomic mass is 35.5. The number of halogens is 1. The van der Waals surface area contributed by atoms with Crippen LogP contribution in [0.5, 0.6) is 5.75 Å². The van der Waals surface area contributed by atoms with Crippen molar-refractivity contribution in [2.45, 2.75) is 12.8 Å². The maximum Gasteiger partial charge on any atom is 0.231 e. The third-order valence-electron chi connectivity index (χ3n) is 4.04. The van der Waals surface area contributed by atoms with Crippen molar-refractivity contribution in [3.05, 3.63) is 59.1 Å². The Hall–Kier alpha value is -2.53. The highest BCUT2D eigenvalue weighted by Crippen LogP contribution is 2.28. The molecule has 2 aromatic carbocycles. The van der Waals surface area contributed by atoms with Crippen LogP contribution in [0.2, 0.25) is 5.02 Å². The lowest BCUT2D eigenvalue weighted by molar-refractivity contribution is -0.128. The Morgan fingerprint density at radius 1 is 1.20 bits per heavy atom.